The first-order chi connectivity index (χ1) is 8.44. The Bertz CT molecular complexity index is 530. The van der Waals surface area contributed by atoms with E-state index in [9.17, 15) is 8.42 Å². The summed E-state index contributed by atoms with van der Waals surface area (Å²) in [5, 5.41) is 0.758. The van der Waals surface area contributed by atoms with Gasteiger partial charge in [-0.1, -0.05) is 17.7 Å². The van der Waals surface area contributed by atoms with Crippen molar-refractivity contribution in [2.24, 2.45) is 0 Å². The molecule has 0 aromatic heterocycles. The van der Waals surface area contributed by atoms with Gasteiger partial charge in [-0.3, -0.25) is 9.45 Å². The molecular weight excluding hydrogens is 274 g/mol. The number of hydrogen-bond donors (Lipinski definition) is 1. The van der Waals surface area contributed by atoms with Crippen LogP contribution in [0.1, 0.15) is 17.5 Å². The quantitative estimate of drug-likeness (QED) is 0.861. The second kappa shape index (κ2) is 5.57. The molecule has 0 saturated heterocycles. The number of rotatable bonds is 4. The molecule has 0 amide bonds. The van der Waals surface area contributed by atoms with Crippen molar-refractivity contribution in [2.75, 3.05) is 18.8 Å². The maximum atomic E-state index is 10.6. The van der Waals surface area contributed by atoms with Crippen LogP contribution in [0, 0.1) is 0 Å². The zero-order valence-corrected chi connectivity index (χ0v) is 11.5. The Labute approximate surface area is 112 Å². The van der Waals surface area contributed by atoms with Crippen molar-refractivity contribution in [3.05, 3.63) is 34.3 Å². The third-order valence-electron chi connectivity index (χ3n) is 3.14. The van der Waals surface area contributed by atoms with Crippen LogP contribution in [0.25, 0.3) is 0 Å². The highest BCUT2D eigenvalue weighted by Crippen LogP contribution is 2.22. The summed E-state index contributed by atoms with van der Waals surface area (Å²) in [7, 11) is -3.84. The Morgan fingerprint density at radius 3 is 2.83 bits per heavy atom. The Morgan fingerprint density at radius 2 is 2.11 bits per heavy atom. The van der Waals surface area contributed by atoms with Crippen LogP contribution < -0.4 is 0 Å². The molecule has 2 rings (SSSR count). The largest absolute Gasteiger partial charge is 0.299 e. The number of hydrogen-bond acceptors (Lipinski definition) is 3. The molecule has 1 heterocycles. The van der Waals surface area contributed by atoms with E-state index < -0.39 is 10.1 Å². The molecule has 18 heavy (non-hydrogen) atoms. The minimum absolute atomic E-state index is 0.170. The summed E-state index contributed by atoms with van der Waals surface area (Å²) in [6, 6.07) is 5.89. The molecule has 0 saturated carbocycles. The second-order valence-corrected chi connectivity index (χ2v) is 6.59. The van der Waals surface area contributed by atoms with Gasteiger partial charge in [0.25, 0.3) is 10.1 Å². The van der Waals surface area contributed by atoms with Gasteiger partial charge in [0.05, 0.1) is 5.75 Å². The van der Waals surface area contributed by atoms with Gasteiger partial charge in [0.1, 0.15) is 0 Å². The first kappa shape index (κ1) is 13.8. The summed E-state index contributed by atoms with van der Waals surface area (Å²) in [6.07, 6.45) is 1.39. The highest BCUT2D eigenvalue weighted by Gasteiger charge is 2.16. The molecule has 1 aliphatic rings. The average molecular weight is 290 g/mol. The van der Waals surface area contributed by atoms with E-state index in [2.05, 4.69) is 4.90 Å². The highest BCUT2D eigenvalue weighted by atomic mass is 35.5. The first-order valence-electron chi connectivity index (χ1n) is 5.89. The maximum Gasteiger partial charge on any atom is 0.264 e. The summed E-state index contributed by atoms with van der Waals surface area (Å²) in [4.78, 5) is 2.20. The van der Waals surface area contributed by atoms with E-state index in [0.29, 0.717) is 13.0 Å². The van der Waals surface area contributed by atoms with E-state index in [1.807, 2.05) is 18.2 Å². The van der Waals surface area contributed by atoms with E-state index >= 15 is 0 Å². The van der Waals surface area contributed by atoms with Crippen LogP contribution in [0.5, 0.6) is 0 Å². The van der Waals surface area contributed by atoms with Crippen molar-refractivity contribution in [1.82, 2.24) is 4.90 Å². The summed E-state index contributed by atoms with van der Waals surface area (Å²) >= 11 is 5.94. The molecule has 0 spiro atoms. The molecule has 0 radical (unpaired) electrons. The Morgan fingerprint density at radius 1 is 1.33 bits per heavy atom. The third-order valence-corrected chi connectivity index (χ3v) is 4.18. The number of benzene rings is 1. The topological polar surface area (TPSA) is 57.6 Å². The summed E-state index contributed by atoms with van der Waals surface area (Å²) in [5.74, 6) is -0.170. The molecule has 0 aliphatic carbocycles. The molecule has 0 bridgehead atoms. The average Bonchev–Trinajstić information content (AvgIpc) is 2.27. The smallest absolute Gasteiger partial charge is 0.264 e. The van der Waals surface area contributed by atoms with Gasteiger partial charge in [-0.25, -0.2) is 0 Å². The Balaban J connectivity index is 1.90. The Hall–Kier alpha value is -0.620. The van der Waals surface area contributed by atoms with E-state index in [4.69, 9.17) is 16.2 Å². The molecule has 1 aromatic carbocycles. The van der Waals surface area contributed by atoms with E-state index in [-0.39, 0.29) is 5.75 Å². The van der Waals surface area contributed by atoms with Crippen LogP contribution >= 0.6 is 11.6 Å². The molecule has 1 N–H and O–H groups in total. The van der Waals surface area contributed by atoms with Gasteiger partial charge >= 0.3 is 0 Å². The minimum Gasteiger partial charge on any atom is -0.299 e. The number of fused-ring (bicyclic) bond motifs is 1. The first-order valence-corrected chi connectivity index (χ1v) is 7.87. The van der Waals surface area contributed by atoms with Gasteiger partial charge in [0, 0.05) is 18.1 Å². The lowest BCUT2D eigenvalue weighted by Crippen LogP contribution is -2.32. The molecule has 100 valence electrons. The van der Waals surface area contributed by atoms with Crippen molar-refractivity contribution >= 4 is 21.7 Å². The lowest BCUT2D eigenvalue weighted by Gasteiger charge is -2.28. The number of halogens is 1. The normalized spacial score (nSPS) is 16.6. The zero-order valence-electron chi connectivity index (χ0n) is 9.97. The molecule has 6 heteroatoms. The van der Waals surface area contributed by atoms with Crippen molar-refractivity contribution in [3.63, 3.8) is 0 Å². The fourth-order valence-corrected chi connectivity index (χ4v) is 2.93. The summed E-state index contributed by atoms with van der Waals surface area (Å²) < 4.78 is 29.9. The molecule has 4 nitrogen and oxygen atoms in total. The standard InChI is InChI=1S/C12H16ClNO3S/c13-12-3-2-11-9-14(6-4-10(11)8-12)5-1-7-18(15,16)17/h2-3,8H,1,4-7,9H2,(H,15,16,17). The minimum atomic E-state index is -3.84. The van der Waals surface area contributed by atoms with Gasteiger partial charge < -0.3 is 0 Å². The van der Waals surface area contributed by atoms with Crippen LogP contribution in [0.2, 0.25) is 5.02 Å². The SMILES string of the molecule is O=S(=O)(O)CCCN1CCc2cc(Cl)ccc2C1. The van der Waals surface area contributed by atoms with E-state index in [1.165, 1.54) is 11.1 Å². The highest BCUT2D eigenvalue weighted by molar-refractivity contribution is 7.85. The summed E-state index contributed by atoms with van der Waals surface area (Å²) in [5.41, 5.74) is 2.52. The second-order valence-electron chi connectivity index (χ2n) is 4.58. The lowest BCUT2D eigenvalue weighted by atomic mass is 10.00. The van der Waals surface area contributed by atoms with Crippen LogP contribution in [0.4, 0.5) is 0 Å². The van der Waals surface area contributed by atoms with E-state index in [0.717, 1.165) is 24.5 Å². The van der Waals surface area contributed by atoms with Gasteiger partial charge in [-0.05, 0) is 42.6 Å². The van der Waals surface area contributed by atoms with Gasteiger partial charge in [0.15, 0.2) is 0 Å². The predicted molar refractivity (Wildman–Crippen MR) is 71.5 cm³/mol. The monoisotopic (exact) mass is 289 g/mol. The molecule has 0 atom stereocenters. The van der Waals surface area contributed by atoms with Gasteiger partial charge in [-0.15, -0.1) is 0 Å². The van der Waals surface area contributed by atoms with Crippen molar-refractivity contribution < 1.29 is 13.0 Å². The fourth-order valence-electron chi connectivity index (χ4n) is 2.24. The van der Waals surface area contributed by atoms with Crippen molar-refractivity contribution in [2.45, 2.75) is 19.4 Å². The third kappa shape index (κ3) is 3.95. The molecule has 1 aliphatic heterocycles. The summed E-state index contributed by atoms with van der Waals surface area (Å²) in [6.45, 7) is 2.40. The molecule has 0 unspecified atom stereocenters. The van der Waals surface area contributed by atoms with Gasteiger partial charge in [0.2, 0.25) is 0 Å². The fraction of sp³-hybridized carbons (Fsp3) is 0.500. The van der Waals surface area contributed by atoms with Crippen molar-refractivity contribution in [3.8, 4) is 0 Å². The van der Waals surface area contributed by atoms with Crippen LogP contribution in [0.15, 0.2) is 18.2 Å². The van der Waals surface area contributed by atoms with Gasteiger partial charge in [-0.2, -0.15) is 8.42 Å². The van der Waals surface area contributed by atoms with Crippen LogP contribution in [-0.4, -0.2) is 36.7 Å². The number of nitrogens with zero attached hydrogens (tertiary/aromatic N) is 1. The lowest BCUT2D eigenvalue weighted by molar-refractivity contribution is 0.254. The molecular formula is C12H16ClNO3S. The zero-order chi connectivity index (χ0) is 13.2. The Kier molecular flexibility index (Phi) is 4.27. The van der Waals surface area contributed by atoms with Crippen LogP contribution in [0.3, 0.4) is 0 Å². The van der Waals surface area contributed by atoms with Crippen molar-refractivity contribution in [1.29, 1.82) is 0 Å². The predicted octanol–water partition coefficient (Wildman–Crippen LogP) is 1.98. The maximum absolute atomic E-state index is 10.6. The van der Waals surface area contributed by atoms with E-state index in [1.54, 1.807) is 0 Å². The molecule has 1 aromatic rings. The van der Waals surface area contributed by atoms with Crippen LogP contribution in [-0.2, 0) is 23.1 Å². The molecule has 0 fully saturated rings.